The van der Waals surface area contributed by atoms with Gasteiger partial charge in [-0.15, -0.1) is 0 Å². The van der Waals surface area contributed by atoms with E-state index in [9.17, 15) is 4.79 Å². The van der Waals surface area contributed by atoms with Gasteiger partial charge in [0.1, 0.15) is 4.32 Å². The number of benzene rings is 2. The van der Waals surface area contributed by atoms with E-state index in [-0.39, 0.29) is 5.91 Å². The standard InChI is InChI=1S/C22H22N2OS2/c1-23(2)19-13-11-18(12-14-19)9-6-10-20-21(25)24(22(26)27-20)16-15-17-7-4-3-5-8-17/h3-14H,15-16H2,1-2H3. The highest BCUT2D eigenvalue weighted by Gasteiger charge is 2.31. The lowest BCUT2D eigenvalue weighted by Gasteiger charge is -2.14. The Labute approximate surface area is 170 Å². The summed E-state index contributed by atoms with van der Waals surface area (Å²) in [6.07, 6.45) is 6.56. The van der Waals surface area contributed by atoms with Crippen LogP contribution in [0.3, 0.4) is 0 Å². The number of thioether (sulfide) groups is 1. The zero-order valence-corrected chi connectivity index (χ0v) is 17.1. The number of hydrogen-bond donors (Lipinski definition) is 0. The highest BCUT2D eigenvalue weighted by molar-refractivity contribution is 8.26. The predicted molar refractivity (Wildman–Crippen MR) is 120 cm³/mol. The van der Waals surface area contributed by atoms with E-state index >= 15 is 0 Å². The van der Waals surface area contributed by atoms with E-state index in [1.165, 1.54) is 17.3 Å². The molecule has 3 rings (SSSR count). The van der Waals surface area contributed by atoms with Gasteiger partial charge in [-0.2, -0.15) is 0 Å². The second-order valence-corrected chi connectivity index (χ2v) is 8.11. The maximum absolute atomic E-state index is 12.6. The van der Waals surface area contributed by atoms with Gasteiger partial charge in [-0.25, -0.2) is 0 Å². The molecule has 0 saturated carbocycles. The molecule has 1 fully saturated rings. The van der Waals surface area contributed by atoms with Crippen LogP contribution in [0.4, 0.5) is 5.69 Å². The molecule has 0 N–H and O–H groups in total. The van der Waals surface area contributed by atoms with Crippen molar-refractivity contribution in [3.63, 3.8) is 0 Å². The third kappa shape index (κ3) is 5.08. The summed E-state index contributed by atoms with van der Waals surface area (Å²) >= 11 is 6.76. The van der Waals surface area contributed by atoms with E-state index in [0.717, 1.165) is 17.7 Å². The van der Waals surface area contributed by atoms with Gasteiger partial charge in [0.2, 0.25) is 0 Å². The zero-order chi connectivity index (χ0) is 19.2. The molecule has 2 aromatic carbocycles. The van der Waals surface area contributed by atoms with Gasteiger partial charge < -0.3 is 4.90 Å². The Bertz CT molecular complexity index is 871. The molecule has 1 aliphatic heterocycles. The molecule has 0 aliphatic carbocycles. The number of allylic oxidation sites excluding steroid dienone is 2. The van der Waals surface area contributed by atoms with Crippen LogP contribution < -0.4 is 4.90 Å². The first kappa shape index (κ1) is 19.4. The van der Waals surface area contributed by atoms with Crippen LogP contribution in [0.15, 0.2) is 71.7 Å². The zero-order valence-electron chi connectivity index (χ0n) is 15.5. The van der Waals surface area contributed by atoms with Crippen LogP contribution in [0, 0.1) is 0 Å². The van der Waals surface area contributed by atoms with Crippen molar-refractivity contribution >= 4 is 46.0 Å². The van der Waals surface area contributed by atoms with E-state index in [2.05, 4.69) is 41.3 Å². The molecule has 138 valence electrons. The summed E-state index contributed by atoms with van der Waals surface area (Å²) in [6, 6.07) is 18.4. The highest BCUT2D eigenvalue weighted by atomic mass is 32.2. The van der Waals surface area contributed by atoms with Crippen LogP contribution in [0.25, 0.3) is 6.08 Å². The van der Waals surface area contributed by atoms with Crippen LogP contribution in [0.5, 0.6) is 0 Å². The van der Waals surface area contributed by atoms with Crippen LogP contribution >= 0.6 is 24.0 Å². The lowest BCUT2D eigenvalue weighted by atomic mass is 10.1. The summed E-state index contributed by atoms with van der Waals surface area (Å²) < 4.78 is 0.630. The summed E-state index contributed by atoms with van der Waals surface area (Å²) in [5, 5.41) is 0. The maximum atomic E-state index is 12.6. The summed E-state index contributed by atoms with van der Waals surface area (Å²) in [5.41, 5.74) is 3.46. The fourth-order valence-electron chi connectivity index (χ4n) is 2.72. The van der Waals surface area contributed by atoms with E-state index in [4.69, 9.17) is 12.2 Å². The normalized spacial score (nSPS) is 15.9. The molecule has 0 spiro atoms. The topological polar surface area (TPSA) is 23.6 Å². The Morgan fingerprint density at radius 3 is 2.44 bits per heavy atom. The van der Waals surface area contributed by atoms with E-state index in [0.29, 0.717) is 15.8 Å². The third-order valence-corrected chi connectivity index (χ3v) is 5.68. The van der Waals surface area contributed by atoms with Crippen LogP contribution in [0.2, 0.25) is 0 Å². The molecule has 0 unspecified atom stereocenters. The first-order chi connectivity index (χ1) is 13.0. The van der Waals surface area contributed by atoms with Gasteiger partial charge >= 0.3 is 0 Å². The molecular weight excluding hydrogens is 372 g/mol. The van der Waals surface area contributed by atoms with Gasteiger partial charge in [-0.1, -0.05) is 78.6 Å². The smallest absolute Gasteiger partial charge is 0.266 e. The number of rotatable bonds is 6. The van der Waals surface area contributed by atoms with Crippen molar-refractivity contribution in [2.45, 2.75) is 6.42 Å². The van der Waals surface area contributed by atoms with E-state index in [1.54, 1.807) is 4.90 Å². The molecule has 5 heteroatoms. The van der Waals surface area contributed by atoms with Gasteiger partial charge in [-0.05, 0) is 35.8 Å². The number of amides is 1. The molecule has 1 heterocycles. The molecule has 2 aromatic rings. The average Bonchev–Trinajstić information content (AvgIpc) is 2.94. The monoisotopic (exact) mass is 394 g/mol. The van der Waals surface area contributed by atoms with Gasteiger partial charge in [0.25, 0.3) is 5.91 Å². The van der Waals surface area contributed by atoms with E-state index in [1.807, 2.05) is 50.5 Å². The second kappa shape index (κ2) is 9.02. The minimum atomic E-state index is -0.00598. The number of hydrogen-bond acceptors (Lipinski definition) is 4. The lowest BCUT2D eigenvalue weighted by molar-refractivity contribution is -0.122. The third-order valence-electron chi connectivity index (χ3n) is 4.29. The molecular formula is C22H22N2OS2. The Hall–Kier alpha value is -2.37. The van der Waals surface area contributed by atoms with Crippen molar-refractivity contribution in [3.8, 4) is 0 Å². The minimum absolute atomic E-state index is 0.00598. The molecule has 0 bridgehead atoms. The van der Waals surface area contributed by atoms with Crippen molar-refractivity contribution in [2.75, 3.05) is 25.5 Å². The Balaban J connectivity index is 1.61. The van der Waals surface area contributed by atoms with Crippen molar-refractivity contribution in [3.05, 3.63) is 82.8 Å². The molecule has 27 heavy (non-hydrogen) atoms. The quantitative estimate of drug-likeness (QED) is 0.521. The molecule has 3 nitrogen and oxygen atoms in total. The molecule has 0 atom stereocenters. The van der Waals surface area contributed by atoms with Crippen LogP contribution in [-0.2, 0) is 11.2 Å². The van der Waals surface area contributed by atoms with Crippen molar-refractivity contribution in [1.82, 2.24) is 4.90 Å². The molecule has 1 amide bonds. The minimum Gasteiger partial charge on any atom is -0.378 e. The predicted octanol–water partition coefficient (Wildman–Crippen LogP) is 4.75. The summed E-state index contributed by atoms with van der Waals surface area (Å²) in [4.78, 5) is 17.0. The largest absolute Gasteiger partial charge is 0.378 e. The Kier molecular flexibility index (Phi) is 6.48. The molecule has 0 aromatic heterocycles. The van der Waals surface area contributed by atoms with Gasteiger partial charge in [0, 0.05) is 26.3 Å². The van der Waals surface area contributed by atoms with Gasteiger partial charge in [-0.3, -0.25) is 9.69 Å². The molecule has 1 aliphatic rings. The van der Waals surface area contributed by atoms with Crippen molar-refractivity contribution < 1.29 is 4.79 Å². The number of carbonyl (C=O) groups excluding carboxylic acids is 1. The lowest BCUT2D eigenvalue weighted by Crippen LogP contribution is -2.30. The number of carbonyl (C=O) groups is 1. The molecule has 0 radical (unpaired) electrons. The summed E-state index contributed by atoms with van der Waals surface area (Å²) in [5.74, 6) is -0.00598. The second-order valence-electron chi connectivity index (χ2n) is 6.44. The Morgan fingerprint density at radius 1 is 1.07 bits per heavy atom. The summed E-state index contributed by atoms with van der Waals surface area (Å²) in [6.45, 7) is 0.613. The molecule has 1 saturated heterocycles. The van der Waals surface area contributed by atoms with E-state index < -0.39 is 0 Å². The van der Waals surface area contributed by atoms with Gasteiger partial charge in [0.05, 0.1) is 4.91 Å². The van der Waals surface area contributed by atoms with Crippen LogP contribution in [-0.4, -0.2) is 35.8 Å². The van der Waals surface area contributed by atoms with Gasteiger partial charge in [0.15, 0.2) is 0 Å². The van der Waals surface area contributed by atoms with Crippen molar-refractivity contribution in [2.24, 2.45) is 0 Å². The highest BCUT2D eigenvalue weighted by Crippen LogP contribution is 2.31. The number of thiocarbonyl (C=S) groups is 1. The average molecular weight is 395 g/mol. The van der Waals surface area contributed by atoms with Crippen LogP contribution in [0.1, 0.15) is 11.1 Å². The van der Waals surface area contributed by atoms with Crippen molar-refractivity contribution in [1.29, 1.82) is 0 Å². The number of anilines is 1. The fourth-order valence-corrected chi connectivity index (χ4v) is 3.98. The first-order valence-corrected chi connectivity index (χ1v) is 10.0. The maximum Gasteiger partial charge on any atom is 0.266 e. The Morgan fingerprint density at radius 2 is 1.78 bits per heavy atom. The first-order valence-electron chi connectivity index (χ1n) is 8.78. The SMILES string of the molecule is CN(C)c1ccc(C=CC=C2SC(=S)N(CCc3ccccc3)C2=O)cc1. The summed E-state index contributed by atoms with van der Waals surface area (Å²) in [7, 11) is 4.04. The fraction of sp³-hybridized carbons (Fsp3) is 0.182. The number of nitrogens with zero attached hydrogens (tertiary/aromatic N) is 2.